The van der Waals surface area contributed by atoms with Gasteiger partial charge in [0.25, 0.3) is 5.91 Å². The number of hydrogen-bond donors (Lipinski definition) is 2. The second-order valence-corrected chi connectivity index (χ2v) is 7.88. The number of morpholine rings is 1. The van der Waals surface area contributed by atoms with E-state index in [1.54, 1.807) is 18.3 Å². The molecule has 2 N–H and O–H groups in total. The molecule has 3 heterocycles. The third-order valence-electron chi connectivity index (χ3n) is 5.46. The predicted octanol–water partition coefficient (Wildman–Crippen LogP) is 2.18. The highest BCUT2D eigenvalue weighted by Gasteiger charge is 2.17. The Balaban J connectivity index is 1.23. The topological polar surface area (TPSA) is 102 Å². The van der Waals surface area contributed by atoms with Crippen LogP contribution in [0.1, 0.15) is 41.7 Å². The van der Waals surface area contributed by atoms with Crippen molar-refractivity contribution in [1.82, 2.24) is 20.3 Å². The minimum atomic E-state index is -0.166. The van der Waals surface area contributed by atoms with Crippen LogP contribution in [0.4, 0.5) is 11.8 Å². The van der Waals surface area contributed by atoms with Gasteiger partial charge >= 0.3 is 0 Å². The Bertz CT molecular complexity index is 864. The number of ether oxygens (including phenoxy) is 2. The molecule has 1 amide bonds. The van der Waals surface area contributed by atoms with Crippen molar-refractivity contribution in [3.05, 3.63) is 35.7 Å². The Labute approximate surface area is 182 Å². The van der Waals surface area contributed by atoms with Crippen LogP contribution in [0.3, 0.4) is 0 Å². The Morgan fingerprint density at radius 1 is 1.19 bits per heavy atom. The van der Waals surface area contributed by atoms with E-state index in [-0.39, 0.29) is 12.0 Å². The van der Waals surface area contributed by atoms with Crippen molar-refractivity contribution in [2.45, 2.75) is 38.7 Å². The maximum Gasteiger partial charge on any atom is 0.252 e. The van der Waals surface area contributed by atoms with E-state index in [2.05, 4.69) is 30.5 Å². The fourth-order valence-corrected chi connectivity index (χ4v) is 3.80. The van der Waals surface area contributed by atoms with Crippen molar-refractivity contribution in [1.29, 1.82) is 0 Å². The van der Waals surface area contributed by atoms with Gasteiger partial charge in [0.2, 0.25) is 11.8 Å². The average molecular weight is 427 g/mol. The molecule has 2 fully saturated rings. The van der Waals surface area contributed by atoms with Gasteiger partial charge in [0.05, 0.1) is 18.8 Å². The molecule has 9 heteroatoms. The molecule has 2 aliphatic rings. The summed E-state index contributed by atoms with van der Waals surface area (Å²) >= 11 is 0. The van der Waals surface area contributed by atoms with Crippen molar-refractivity contribution < 1.29 is 14.3 Å². The molecule has 0 spiro atoms. The van der Waals surface area contributed by atoms with Crippen LogP contribution in [0, 0.1) is 6.92 Å². The zero-order valence-electron chi connectivity index (χ0n) is 18.0. The van der Waals surface area contributed by atoms with Crippen molar-refractivity contribution in [2.24, 2.45) is 0 Å². The molecule has 1 saturated heterocycles. The van der Waals surface area contributed by atoms with Crippen LogP contribution in [0.25, 0.3) is 0 Å². The summed E-state index contributed by atoms with van der Waals surface area (Å²) in [5.41, 5.74) is 1.41. The number of aryl methyl sites for hydroxylation is 1. The number of nitrogens with one attached hydrogen (secondary N) is 2. The van der Waals surface area contributed by atoms with Crippen LogP contribution in [0.15, 0.2) is 24.4 Å². The normalized spacial score (nSPS) is 16.9. The number of hydrogen-bond acceptors (Lipinski definition) is 8. The molecule has 1 saturated carbocycles. The second-order valence-electron chi connectivity index (χ2n) is 7.88. The van der Waals surface area contributed by atoms with E-state index >= 15 is 0 Å². The van der Waals surface area contributed by atoms with E-state index in [0.29, 0.717) is 43.7 Å². The average Bonchev–Trinajstić information content (AvgIpc) is 3.30. The summed E-state index contributed by atoms with van der Waals surface area (Å²) < 4.78 is 11.2. The molecule has 4 rings (SSSR count). The Morgan fingerprint density at radius 3 is 2.74 bits per heavy atom. The van der Waals surface area contributed by atoms with Crippen molar-refractivity contribution in [3.8, 4) is 5.88 Å². The second kappa shape index (κ2) is 10.4. The van der Waals surface area contributed by atoms with E-state index in [4.69, 9.17) is 9.47 Å². The first-order valence-corrected chi connectivity index (χ1v) is 11.0. The third kappa shape index (κ3) is 6.04. The van der Waals surface area contributed by atoms with Gasteiger partial charge in [-0.3, -0.25) is 4.79 Å². The number of nitrogens with zero attached hydrogens (tertiary/aromatic N) is 4. The first-order valence-electron chi connectivity index (χ1n) is 11.0. The molecular formula is C22H30N6O3. The van der Waals surface area contributed by atoms with Crippen molar-refractivity contribution in [2.75, 3.05) is 49.6 Å². The number of carbonyl (C=O) groups excluding carboxylic acids is 1. The lowest BCUT2D eigenvalue weighted by molar-refractivity contribution is 0.0954. The van der Waals surface area contributed by atoms with E-state index in [1.807, 2.05) is 13.0 Å². The first-order chi connectivity index (χ1) is 15.2. The lowest BCUT2D eigenvalue weighted by Crippen LogP contribution is -2.37. The maximum atomic E-state index is 12.4. The Kier molecular flexibility index (Phi) is 7.14. The fourth-order valence-electron chi connectivity index (χ4n) is 3.80. The summed E-state index contributed by atoms with van der Waals surface area (Å²) in [5.74, 6) is 1.87. The molecule has 31 heavy (non-hydrogen) atoms. The van der Waals surface area contributed by atoms with Gasteiger partial charge in [-0.15, -0.1) is 0 Å². The predicted molar refractivity (Wildman–Crippen MR) is 118 cm³/mol. The quantitative estimate of drug-likeness (QED) is 0.620. The van der Waals surface area contributed by atoms with Gasteiger partial charge in [0, 0.05) is 50.2 Å². The molecule has 0 bridgehead atoms. The molecule has 1 aliphatic heterocycles. The number of aromatic nitrogens is 3. The summed E-state index contributed by atoms with van der Waals surface area (Å²) in [6, 6.07) is 5.49. The lowest BCUT2D eigenvalue weighted by atomic mass is 10.2. The van der Waals surface area contributed by atoms with Gasteiger partial charge in [0.1, 0.15) is 11.9 Å². The smallest absolute Gasteiger partial charge is 0.252 e. The summed E-state index contributed by atoms with van der Waals surface area (Å²) in [4.78, 5) is 27.9. The molecule has 166 valence electrons. The number of amides is 1. The van der Waals surface area contributed by atoms with Crippen molar-refractivity contribution >= 4 is 17.7 Å². The van der Waals surface area contributed by atoms with Gasteiger partial charge in [-0.1, -0.05) is 0 Å². The van der Waals surface area contributed by atoms with Crippen LogP contribution in [0.5, 0.6) is 5.88 Å². The van der Waals surface area contributed by atoms with Crippen LogP contribution in [0.2, 0.25) is 0 Å². The fraction of sp³-hybridized carbons (Fsp3) is 0.545. The molecule has 0 atom stereocenters. The van der Waals surface area contributed by atoms with Gasteiger partial charge < -0.3 is 25.0 Å². The van der Waals surface area contributed by atoms with Crippen LogP contribution < -0.4 is 20.3 Å². The highest BCUT2D eigenvalue weighted by atomic mass is 16.5. The minimum Gasteiger partial charge on any atom is -0.474 e. The Morgan fingerprint density at radius 2 is 2.00 bits per heavy atom. The molecule has 2 aromatic rings. The molecule has 9 nitrogen and oxygen atoms in total. The summed E-state index contributed by atoms with van der Waals surface area (Å²) in [6.45, 7) is 5.98. The number of rotatable bonds is 8. The van der Waals surface area contributed by atoms with Gasteiger partial charge in [-0.25, -0.2) is 9.97 Å². The van der Waals surface area contributed by atoms with E-state index in [1.165, 1.54) is 12.8 Å². The van der Waals surface area contributed by atoms with E-state index in [9.17, 15) is 4.79 Å². The van der Waals surface area contributed by atoms with E-state index < -0.39 is 0 Å². The van der Waals surface area contributed by atoms with Crippen LogP contribution in [-0.4, -0.2) is 66.4 Å². The van der Waals surface area contributed by atoms with Crippen molar-refractivity contribution in [3.63, 3.8) is 0 Å². The number of anilines is 2. The number of pyridine rings is 1. The standard InChI is InChI=1S/C22H30N6O3/c1-16-14-19(28-10-12-30-13-11-28)27-22(26-16)24-9-8-23-21(29)17-6-7-20(25-15-17)31-18-4-2-3-5-18/h6-7,14-15,18H,2-5,8-13H2,1H3,(H,23,29)(H,24,26,27). The molecule has 0 radical (unpaired) electrons. The largest absolute Gasteiger partial charge is 0.474 e. The first kappa shape index (κ1) is 21.3. The molecule has 0 unspecified atom stereocenters. The highest BCUT2D eigenvalue weighted by molar-refractivity contribution is 5.93. The van der Waals surface area contributed by atoms with Gasteiger partial charge in [0.15, 0.2) is 0 Å². The van der Waals surface area contributed by atoms with E-state index in [0.717, 1.165) is 37.4 Å². The lowest BCUT2D eigenvalue weighted by Gasteiger charge is -2.28. The molecule has 1 aliphatic carbocycles. The van der Waals surface area contributed by atoms with Gasteiger partial charge in [-0.2, -0.15) is 4.98 Å². The SMILES string of the molecule is Cc1cc(N2CCOCC2)nc(NCCNC(=O)c2ccc(OC3CCCC3)nc2)n1. The summed E-state index contributed by atoms with van der Waals surface area (Å²) in [5, 5.41) is 6.08. The highest BCUT2D eigenvalue weighted by Crippen LogP contribution is 2.23. The maximum absolute atomic E-state index is 12.4. The zero-order valence-corrected chi connectivity index (χ0v) is 18.0. The summed E-state index contributed by atoms with van der Waals surface area (Å²) in [6.07, 6.45) is 6.39. The van der Waals surface area contributed by atoms with Crippen LogP contribution >= 0.6 is 0 Å². The third-order valence-corrected chi connectivity index (χ3v) is 5.46. The zero-order chi connectivity index (χ0) is 21.5. The monoisotopic (exact) mass is 426 g/mol. The minimum absolute atomic E-state index is 0.166. The summed E-state index contributed by atoms with van der Waals surface area (Å²) in [7, 11) is 0. The van der Waals surface area contributed by atoms with Gasteiger partial charge in [-0.05, 0) is 38.7 Å². The van der Waals surface area contributed by atoms with Crippen LogP contribution in [-0.2, 0) is 4.74 Å². The molecule has 2 aromatic heterocycles. The molecule has 0 aromatic carbocycles. The number of carbonyl (C=O) groups is 1. The molecular weight excluding hydrogens is 396 g/mol. The Hall–Kier alpha value is -2.94.